The van der Waals surface area contributed by atoms with Crippen LogP contribution in [-0.2, 0) is 0 Å². The lowest BCUT2D eigenvalue weighted by Gasteiger charge is -2.22. The van der Waals surface area contributed by atoms with Gasteiger partial charge in [-0.05, 0) is 38.0 Å². The fraction of sp³-hybridized carbons (Fsp3) is 0.294. The van der Waals surface area contributed by atoms with Crippen LogP contribution in [0.4, 0.5) is 0 Å². The van der Waals surface area contributed by atoms with E-state index in [4.69, 9.17) is 0 Å². The Balaban J connectivity index is 2.11. The third-order valence-corrected chi connectivity index (χ3v) is 4.14. The molecule has 0 fully saturated rings. The van der Waals surface area contributed by atoms with E-state index in [0.29, 0.717) is 12.1 Å². The van der Waals surface area contributed by atoms with E-state index < -0.39 is 0 Å². The molecule has 1 unspecified atom stereocenters. The molecule has 1 N–H and O–H groups in total. The molecule has 100 valence electrons. The fourth-order valence-corrected chi connectivity index (χ4v) is 2.95. The van der Waals surface area contributed by atoms with Crippen LogP contribution in [0.15, 0.2) is 53.0 Å². The monoisotopic (exact) mass is 317 g/mol. The zero-order chi connectivity index (χ0) is 13.8. The van der Waals surface area contributed by atoms with Gasteiger partial charge in [0.15, 0.2) is 0 Å². The van der Waals surface area contributed by atoms with E-state index in [0.717, 1.165) is 4.47 Å². The van der Waals surface area contributed by atoms with Crippen molar-refractivity contribution >= 4 is 15.9 Å². The van der Waals surface area contributed by atoms with Crippen molar-refractivity contribution in [3.05, 3.63) is 69.7 Å². The molecule has 2 atom stereocenters. The maximum absolute atomic E-state index is 3.65. The van der Waals surface area contributed by atoms with Gasteiger partial charge in [0.25, 0.3) is 0 Å². The van der Waals surface area contributed by atoms with E-state index >= 15 is 0 Å². The molecule has 0 aliphatic heterocycles. The third-order valence-electron chi connectivity index (χ3n) is 3.41. The van der Waals surface area contributed by atoms with Gasteiger partial charge in [-0.3, -0.25) is 0 Å². The minimum atomic E-state index is 0.311. The van der Waals surface area contributed by atoms with Crippen LogP contribution in [0.5, 0.6) is 0 Å². The molecule has 0 radical (unpaired) electrons. The van der Waals surface area contributed by atoms with Crippen molar-refractivity contribution in [2.75, 3.05) is 0 Å². The SMILES string of the molecule is Cc1cccc([C@H](C)NC(C)c2ccccc2Br)c1. The predicted molar refractivity (Wildman–Crippen MR) is 85.3 cm³/mol. The lowest BCUT2D eigenvalue weighted by atomic mass is 10.0. The first-order chi connectivity index (χ1) is 9.08. The maximum atomic E-state index is 3.65. The molecule has 2 aromatic rings. The van der Waals surface area contributed by atoms with Gasteiger partial charge in [0.1, 0.15) is 0 Å². The molecule has 0 amide bonds. The van der Waals surface area contributed by atoms with Crippen LogP contribution >= 0.6 is 15.9 Å². The smallest absolute Gasteiger partial charge is 0.0308 e. The summed E-state index contributed by atoms with van der Waals surface area (Å²) >= 11 is 3.61. The van der Waals surface area contributed by atoms with Crippen LogP contribution in [0.25, 0.3) is 0 Å². The molecule has 0 bridgehead atoms. The van der Waals surface area contributed by atoms with Crippen LogP contribution in [0.1, 0.15) is 42.6 Å². The number of aryl methyl sites for hydroxylation is 1. The van der Waals surface area contributed by atoms with Crippen molar-refractivity contribution in [1.29, 1.82) is 0 Å². The van der Waals surface area contributed by atoms with Crippen LogP contribution in [-0.4, -0.2) is 0 Å². The van der Waals surface area contributed by atoms with E-state index in [9.17, 15) is 0 Å². The second-order valence-electron chi connectivity index (χ2n) is 5.05. The van der Waals surface area contributed by atoms with Gasteiger partial charge in [0.2, 0.25) is 0 Å². The molecule has 1 nitrogen and oxygen atoms in total. The largest absolute Gasteiger partial charge is 0.304 e. The summed E-state index contributed by atoms with van der Waals surface area (Å²) in [7, 11) is 0. The molecule has 2 heteroatoms. The van der Waals surface area contributed by atoms with Crippen molar-refractivity contribution in [2.45, 2.75) is 32.9 Å². The minimum absolute atomic E-state index is 0.311. The lowest BCUT2D eigenvalue weighted by Crippen LogP contribution is -2.22. The Kier molecular flexibility index (Phi) is 4.78. The number of hydrogen-bond acceptors (Lipinski definition) is 1. The Morgan fingerprint density at radius 1 is 0.947 bits per heavy atom. The molecule has 0 saturated heterocycles. The normalized spacial score (nSPS) is 14.1. The van der Waals surface area contributed by atoms with Gasteiger partial charge in [-0.1, -0.05) is 64.0 Å². The van der Waals surface area contributed by atoms with E-state index in [1.807, 2.05) is 6.07 Å². The summed E-state index contributed by atoms with van der Waals surface area (Å²) < 4.78 is 1.16. The van der Waals surface area contributed by atoms with Crippen molar-refractivity contribution in [3.8, 4) is 0 Å². The van der Waals surface area contributed by atoms with E-state index in [1.165, 1.54) is 16.7 Å². The highest BCUT2D eigenvalue weighted by molar-refractivity contribution is 9.10. The molecular weight excluding hydrogens is 298 g/mol. The van der Waals surface area contributed by atoms with E-state index in [1.54, 1.807) is 0 Å². The average Bonchev–Trinajstić information content (AvgIpc) is 2.39. The highest BCUT2D eigenvalue weighted by atomic mass is 79.9. The second kappa shape index (κ2) is 6.36. The summed E-state index contributed by atoms with van der Waals surface area (Å²) in [6.45, 7) is 6.54. The van der Waals surface area contributed by atoms with Gasteiger partial charge in [0, 0.05) is 16.6 Å². The maximum Gasteiger partial charge on any atom is 0.0308 e. The van der Waals surface area contributed by atoms with Crippen molar-refractivity contribution < 1.29 is 0 Å². The molecule has 19 heavy (non-hydrogen) atoms. The Bertz CT molecular complexity index is 550. The Morgan fingerprint density at radius 2 is 1.68 bits per heavy atom. The van der Waals surface area contributed by atoms with Crippen molar-refractivity contribution in [2.24, 2.45) is 0 Å². The summed E-state index contributed by atoms with van der Waals surface area (Å²) in [5.41, 5.74) is 3.93. The topological polar surface area (TPSA) is 12.0 Å². The fourth-order valence-electron chi connectivity index (χ4n) is 2.33. The van der Waals surface area contributed by atoms with Gasteiger partial charge in [-0.25, -0.2) is 0 Å². The van der Waals surface area contributed by atoms with Crippen molar-refractivity contribution in [3.63, 3.8) is 0 Å². The number of rotatable bonds is 4. The number of nitrogens with one attached hydrogen (secondary N) is 1. The summed E-state index contributed by atoms with van der Waals surface area (Å²) in [6.07, 6.45) is 0. The highest BCUT2D eigenvalue weighted by Crippen LogP contribution is 2.25. The zero-order valence-corrected chi connectivity index (χ0v) is 13.2. The first-order valence-corrected chi connectivity index (χ1v) is 7.44. The average molecular weight is 318 g/mol. The van der Waals surface area contributed by atoms with Crippen LogP contribution in [0, 0.1) is 6.92 Å². The summed E-state index contributed by atoms with van der Waals surface area (Å²) in [4.78, 5) is 0. The van der Waals surface area contributed by atoms with E-state index in [-0.39, 0.29) is 0 Å². The Labute approximate surface area is 124 Å². The molecule has 0 heterocycles. The summed E-state index contributed by atoms with van der Waals surface area (Å²) in [5.74, 6) is 0. The first-order valence-electron chi connectivity index (χ1n) is 6.65. The third kappa shape index (κ3) is 3.68. The predicted octanol–water partition coefficient (Wildman–Crippen LogP) is 5.17. The Morgan fingerprint density at radius 3 is 2.37 bits per heavy atom. The van der Waals surface area contributed by atoms with E-state index in [2.05, 4.69) is 84.5 Å². The molecule has 2 rings (SSSR count). The molecule has 0 saturated carbocycles. The lowest BCUT2D eigenvalue weighted by molar-refractivity contribution is 0.493. The Hall–Kier alpha value is -1.12. The molecule has 0 aliphatic carbocycles. The molecule has 0 aliphatic rings. The van der Waals surface area contributed by atoms with Gasteiger partial charge in [0.05, 0.1) is 0 Å². The molecule has 0 aromatic heterocycles. The van der Waals surface area contributed by atoms with Gasteiger partial charge in [-0.15, -0.1) is 0 Å². The van der Waals surface area contributed by atoms with Crippen LogP contribution in [0.3, 0.4) is 0 Å². The van der Waals surface area contributed by atoms with Gasteiger partial charge >= 0.3 is 0 Å². The summed E-state index contributed by atoms with van der Waals surface area (Å²) in [5, 5.41) is 3.65. The highest BCUT2D eigenvalue weighted by Gasteiger charge is 2.12. The quantitative estimate of drug-likeness (QED) is 0.820. The first kappa shape index (κ1) is 14.3. The van der Waals surface area contributed by atoms with Crippen molar-refractivity contribution in [1.82, 2.24) is 5.32 Å². The number of hydrogen-bond donors (Lipinski definition) is 1. The second-order valence-corrected chi connectivity index (χ2v) is 5.90. The molecule has 0 spiro atoms. The molecular formula is C17H20BrN. The summed E-state index contributed by atoms with van der Waals surface area (Å²) in [6, 6.07) is 17.7. The van der Waals surface area contributed by atoms with Gasteiger partial charge in [-0.2, -0.15) is 0 Å². The van der Waals surface area contributed by atoms with Crippen LogP contribution < -0.4 is 5.32 Å². The number of halogens is 1. The zero-order valence-electron chi connectivity index (χ0n) is 11.7. The van der Waals surface area contributed by atoms with Gasteiger partial charge < -0.3 is 5.32 Å². The van der Waals surface area contributed by atoms with Crippen LogP contribution in [0.2, 0.25) is 0 Å². The number of benzene rings is 2. The standard InChI is InChI=1S/C17H20BrN/c1-12-7-6-8-15(11-12)13(2)19-14(3)16-9-4-5-10-17(16)18/h4-11,13-14,19H,1-3H3/t13-,14?/m0/s1. The molecule has 2 aromatic carbocycles. The minimum Gasteiger partial charge on any atom is -0.304 e.